The highest BCUT2D eigenvalue weighted by molar-refractivity contribution is 5.77. The maximum absolute atomic E-state index is 11.7. The van der Waals surface area contributed by atoms with Crippen LogP contribution >= 0.6 is 0 Å². The fourth-order valence-electron chi connectivity index (χ4n) is 1.76. The van der Waals surface area contributed by atoms with Gasteiger partial charge in [-0.25, -0.2) is 0 Å². The van der Waals surface area contributed by atoms with E-state index < -0.39 is 0 Å². The molecule has 80 valence electrons. The van der Waals surface area contributed by atoms with Crippen molar-refractivity contribution in [3.63, 3.8) is 0 Å². The quantitative estimate of drug-likeness (QED) is 0.693. The summed E-state index contributed by atoms with van der Waals surface area (Å²) in [6.07, 6.45) is 2.95. The van der Waals surface area contributed by atoms with Crippen LogP contribution in [0.2, 0.25) is 0 Å². The maximum atomic E-state index is 11.7. The lowest BCUT2D eigenvalue weighted by molar-refractivity contribution is -0.133. The molecule has 1 unspecified atom stereocenters. The van der Waals surface area contributed by atoms with Crippen LogP contribution in [0.3, 0.4) is 0 Å². The minimum atomic E-state index is 0.0810. The number of morpholine rings is 1. The Labute approximate surface area is 84.6 Å². The monoisotopic (exact) mass is 198 g/mol. The summed E-state index contributed by atoms with van der Waals surface area (Å²) in [5.41, 5.74) is 0. The Morgan fingerprint density at radius 3 is 2.93 bits per heavy atom. The molecule has 0 bridgehead atoms. The lowest BCUT2D eigenvalue weighted by Crippen LogP contribution is -2.42. The molecule has 0 aromatic carbocycles. The van der Waals surface area contributed by atoms with E-state index in [1.54, 1.807) is 0 Å². The topological polar surface area (TPSA) is 41.6 Å². The van der Waals surface area contributed by atoms with Gasteiger partial charge in [0.2, 0.25) is 5.91 Å². The summed E-state index contributed by atoms with van der Waals surface area (Å²) >= 11 is 0. The fraction of sp³-hybridized carbons (Fsp3) is 0.900. The zero-order chi connectivity index (χ0) is 9.97. The first-order chi connectivity index (χ1) is 6.77. The standard InChI is InChI=1S/C10H18N2O2/c1-12(8-2-3-8)10(13)6-9-7-11-4-5-14-9/h8-9,11H,2-7H2,1H3. The van der Waals surface area contributed by atoms with E-state index in [2.05, 4.69) is 5.32 Å². The number of rotatable bonds is 3. The highest BCUT2D eigenvalue weighted by Crippen LogP contribution is 2.26. The van der Waals surface area contributed by atoms with Crippen molar-refractivity contribution in [3.05, 3.63) is 0 Å². The van der Waals surface area contributed by atoms with E-state index in [1.165, 1.54) is 12.8 Å². The number of hydrogen-bond acceptors (Lipinski definition) is 3. The molecular weight excluding hydrogens is 180 g/mol. The number of amides is 1. The van der Waals surface area contributed by atoms with E-state index in [1.807, 2.05) is 11.9 Å². The summed E-state index contributed by atoms with van der Waals surface area (Å²) in [6, 6.07) is 0.513. The molecule has 0 aromatic rings. The molecule has 4 heteroatoms. The van der Waals surface area contributed by atoms with Crippen molar-refractivity contribution >= 4 is 5.91 Å². The van der Waals surface area contributed by atoms with Crippen LogP contribution in [0.25, 0.3) is 0 Å². The molecule has 2 aliphatic rings. The van der Waals surface area contributed by atoms with Gasteiger partial charge in [0.1, 0.15) is 0 Å². The van der Waals surface area contributed by atoms with Gasteiger partial charge in [-0.3, -0.25) is 4.79 Å². The second kappa shape index (κ2) is 4.28. The molecule has 2 fully saturated rings. The van der Waals surface area contributed by atoms with Gasteiger partial charge < -0.3 is 15.0 Å². The molecule has 2 rings (SSSR count). The van der Waals surface area contributed by atoms with Gasteiger partial charge in [0.25, 0.3) is 0 Å². The third kappa shape index (κ3) is 2.45. The molecule has 0 radical (unpaired) electrons. The zero-order valence-corrected chi connectivity index (χ0v) is 8.66. The molecule has 1 saturated carbocycles. The number of hydrogen-bond donors (Lipinski definition) is 1. The van der Waals surface area contributed by atoms with Crippen LogP contribution in [0.1, 0.15) is 19.3 Å². The minimum Gasteiger partial charge on any atom is -0.375 e. The Hall–Kier alpha value is -0.610. The number of nitrogens with zero attached hydrogens (tertiary/aromatic N) is 1. The summed E-state index contributed by atoms with van der Waals surface area (Å²) in [7, 11) is 1.90. The summed E-state index contributed by atoms with van der Waals surface area (Å²) in [5.74, 6) is 0.223. The summed E-state index contributed by atoms with van der Waals surface area (Å²) in [4.78, 5) is 13.6. The van der Waals surface area contributed by atoms with Crippen molar-refractivity contribution in [2.24, 2.45) is 0 Å². The van der Waals surface area contributed by atoms with Crippen molar-refractivity contribution in [1.82, 2.24) is 10.2 Å². The third-order valence-corrected chi connectivity index (χ3v) is 2.89. The predicted octanol–water partition coefficient (Wildman–Crippen LogP) is -0.0143. The average Bonchev–Trinajstić information content (AvgIpc) is 3.01. The van der Waals surface area contributed by atoms with E-state index in [4.69, 9.17) is 4.74 Å². The molecule has 1 N–H and O–H groups in total. The SMILES string of the molecule is CN(C(=O)CC1CNCCO1)C1CC1. The van der Waals surface area contributed by atoms with E-state index in [0.717, 1.165) is 19.7 Å². The molecule has 1 atom stereocenters. The van der Waals surface area contributed by atoms with Gasteiger partial charge in [-0.2, -0.15) is 0 Å². The molecule has 14 heavy (non-hydrogen) atoms. The number of carbonyl (C=O) groups is 1. The molecular formula is C10H18N2O2. The fourth-order valence-corrected chi connectivity index (χ4v) is 1.76. The highest BCUT2D eigenvalue weighted by atomic mass is 16.5. The second-order valence-corrected chi connectivity index (χ2v) is 4.14. The molecule has 1 amide bonds. The Morgan fingerprint density at radius 2 is 2.36 bits per heavy atom. The summed E-state index contributed by atoms with van der Waals surface area (Å²) in [5, 5.41) is 3.23. The normalized spacial score (nSPS) is 27.4. The van der Waals surface area contributed by atoms with Crippen LogP contribution in [-0.2, 0) is 9.53 Å². The summed E-state index contributed by atoms with van der Waals surface area (Å²) in [6.45, 7) is 2.44. The first-order valence-electron chi connectivity index (χ1n) is 5.35. The zero-order valence-electron chi connectivity index (χ0n) is 8.66. The van der Waals surface area contributed by atoms with Gasteiger partial charge >= 0.3 is 0 Å². The number of carbonyl (C=O) groups excluding carboxylic acids is 1. The van der Waals surface area contributed by atoms with Crippen LogP contribution in [-0.4, -0.2) is 49.7 Å². The lowest BCUT2D eigenvalue weighted by atomic mass is 10.2. The molecule has 0 aromatic heterocycles. The summed E-state index contributed by atoms with van der Waals surface area (Å²) < 4.78 is 5.49. The van der Waals surface area contributed by atoms with Gasteiger partial charge in [0.05, 0.1) is 19.1 Å². The van der Waals surface area contributed by atoms with Gasteiger partial charge in [0.15, 0.2) is 0 Å². The van der Waals surface area contributed by atoms with Crippen molar-refractivity contribution in [1.29, 1.82) is 0 Å². The van der Waals surface area contributed by atoms with Crippen LogP contribution in [0, 0.1) is 0 Å². The number of nitrogens with one attached hydrogen (secondary N) is 1. The third-order valence-electron chi connectivity index (χ3n) is 2.89. The Bertz CT molecular complexity index is 210. The Kier molecular flexibility index (Phi) is 3.03. The van der Waals surface area contributed by atoms with E-state index in [0.29, 0.717) is 12.5 Å². The van der Waals surface area contributed by atoms with Crippen molar-refractivity contribution in [2.45, 2.75) is 31.4 Å². The molecule has 1 heterocycles. The van der Waals surface area contributed by atoms with Crippen molar-refractivity contribution in [2.75, 3.05) is 26.7 Å². The minimum absolute atomic E-state index is 0.0810. The van der Waals surface area contributed by atoms with Crippen LogP contribution in [0.4, 0.5) is 0 Å². The van der Waals surface area contributed by atoms with Crippen LogP contribution in [0.15, 0.2) is 0 Å². The highest BCUT2D eigenvalue weighted by Gasteiger charge is 2.30. The molecule has 1 aliphatic carbocycles. The van der Waals surface area contributed by atoms with E-state index >= 15 is 0 Å². The van der Waals surface area contributed by atoms with Crippen LogP contribution < -0.4 is 5.32 Å². The first-order valence-corrected chi connectivity index (χ1v) is 5.35. The average molecular weight is 198 g/mol. The molecule has 1 aliphatic heterocycles. The first kappa shape index (κ1) is 9.93. The van der Waals surface area contributed by atoms with E-state index in [-0.39, 0.29) is 12.0 Å². The predicted molar refractivity (Wildman–Crippen MR) is 53.0 cm³/mol. The van der Waals surface area contributed by atoms with E-state index in [9.17, 15) is 4.79 Å². The Morgan fingerprint density at radius 1 is 1.57 bits per heavy atom. The number of ether oxygens (including phenoxy) is 1. The maximum Gasteiger partial charge on any atom is 0.225 e. The molecule has 1 saturated heterocycles. The van der Waals surface area contributed by atoms with Gasteiger partial charge in [-0.05, 0) is 12.8 Å². The van der Waals surface area contributed by atoms with Gasteiger partial charge in [0, 0.05) is 26.2 Å². The largest absolute Gasteiger partial charge is 0.375 e. The van der Waals surface area contributed by atoms with Crippen molar-refractivity contribution in [3.8, 4) is 0 Å². The van der Waals surface area contributed by atoms with Crippen LogP contribution in [0.5, 0.6) is 0 Å². The Balaban J connectivity index is 1.74. The second-order valence-electron chi connectivity index (χ2n) is 4.14. The smallest absolute Gasteiger partial charge is 0.225 e. The van der Waals surface area contributed by atoms with Gasteiger partial charge in [-0.1, -0.05) is 0 Å². The lowest BCUT2D eigenvalue weighted by Gasteiger charge is -2.25. The molecule has 4 nitrogen and oxygen atoms in total. The molecule has 0 spiro atoms. The van der Waals surface area contributed by atoms with Gasteiger partial charge in [-0.15, -0.1) is 0 Å². The van der Waals surface area contributed by atoms with Crippen molar-refractivity contribution < 1.29 is 9.53 Å².